The van der Waals surface area contributed by atoms with Crippen LogP contribution in [0.3, 0.4) is 0 Å². The summed E-state index contributed by atoms with van der Waals surface area (Å²) < 4.78 is 28.6. The van der Waals surface area contributed by atoms with E-state index in [1.165, 1.54) is 39.7 Å². The summed E-state index contributed by atoms with van der Waals surface area (Å²) in [7, 11) is 4.45. The summed E-state index contributed by atoms with van der Waals surface area (Å²) >= 11 is 0. The van der Waals surface area contributed by atoms with Gasteiger partial charge in [-0.3, -0.25) is 9.59 Å². The van der Waals surface area contributed by atoms with E-state index >= 15 is 0 Å². The first-order valence-electron chi connectivity index (χ1n) is 8.14. The van der Waals surface area contributed by atoms with Gasteiger partial charge in [0.15, 0.2) is 11.5 Å². The normalized spacial score (nSPS) is 10.4. The van der Waals surface area contributed by atoms with Crippen LogP contribution in [0.1, 0.15) is 15.9 Å². The number of carbonyl (C=O) groups is 2. The van der Waals surface area contributed by atoms with Crippen molar-refractivity contribution < 1.29 is 28.2 Å². The van der Waals surface area contributed by atoms with Gasteiger partial charge >= 0.3 is 0 Å². The van der Waals surface area contributed by atoms with Crippen LogP contribution in [0.5, 0.6) is 17.2 Å². The molecule has 0 aliphatic carbocycles. The van der Waals surface area contributed by atoms with Crippen LogP contribution in [0.4, 0.5) is 4.39 Å². The van der Waals surface area contributed by atoms with Crippen LogP contribution in [0, 0.1) is 5.82 Å². The predicted molar refractivity (Wildman–Crippen MR) is 101 cm³/mol. The van der Waals surface area contributed by atoms with Crippen molar-refractivity contribution in [3.05, 3.63) is 53.3 Å². The minimum absolute atomic E-state index is 0.243. The molecule has 0 aliphatic rings. The number of nitrogens with zero attached hydrogens (tertiary/aromatic N) is 1. The van der Waals surface area contributed by atoms with Crippen molar-refractivity contribution >= 4 is 18.0 Å². The van der Waals surface area contributed by atoms with Gasteiger partial charge < -0.3 is 19.5 Å². The van der Waals surface area contributed by atoms with Crippen molar-refractivity contribution in [1.82, 2.24) is 10.7 Å². The van der Waals surface area contributed by atoms with E-state index in [2.05, 4.69) is 15.8 Å². The second-order valence-electron chi connectivity index (χ2n) is 5.41. The summed E-state index contributed by atoms with van der Waals surface area (Å²) in [6.07, 6.45) is 1.38. The van der Waals surface area contributed by atoms with Crippen molar-refractivity contribution in [3.8, 4) is 17.2 Å². The third-order valence-electron chi connectivity index (χ3n) is 3.64. The minimum atomic E-state index is -0.536. The Morgan fingerprint density at radius 3 is 2.29 bits per heavy atom. The molecule has 2 aromatic rings. The van der Waals surface area contributed by atoms with Crippen molar-refractivity contribution in [3.63, 3.8) is 0 Å². The number of benzene rings is 2. The molecule has 0 unspecified atom stereocenters. The average molecular weight is 389 g/mol. The number of hydrogen-bond donors (Lipinski definition) is 2. The standard InChI is InChI=1S/C19H20FN3O5/c1-26-15-9-6-13(17(27-2)18(15)28-3)10-22-23-16(24)11-21-19(25)12-4-7-14(20)8-5-12/h4-10H,11H2,1-3H3,(H,21,25)(H,23,24)/b22-10+. The Balaban J connectivity index is 1.94. The summed E-state index contributed by atoms with van der Waals surface area (Å²) in [6, 6.07) is 8.33. The third kappa shape index (κ3) is 5.19. The zero-order valence-corrected chi connectivity index (χ0v) is 15.6. The lowest BCUT2D eigenvalue weighted by Crippen LogP contribution is -2.34. The van der Waals surface area contributed by atoms with E-state index in [-0.39, 0.29) is 12.1 Å². The van der Waals surface area contributed by atoms with Gasteiger partial charge in [-0.15, -0.1) is 0 Å². The van der Waals surface area contributed by atoms with E-state index in [1.807, 2.05) is 0 Å². The summed E-state index contributed by atoms with van der Waals surface area (Å²) in [5.41, 5.74) is 3.09. The van der Waals surface area contributed by atoms with Gasteiger partial charge in [0.25, 0.3) is 11.8 Å². The predicted octanol–water partition coefficient (Wildman–Crippen LogP) is 1.73. The zero-order valence-electron chi connectivity index (χ0n) is 15.6. The van der Waals surface area contributed by atoms with E-state index in [0.29, 0.717) is 22.8 Å². The van der Waals surface area contributed by atoms with Crippen LogP contribution in [0.15, 0.2) is 41.5 Å². The molecule has 0 aromatic heterocycles. The second-order valence-corrected chi connectivity index (χ2v) is 5.41. The van der Waals surface area contributed by atoms with Gasteiger partial charge in [0.05, 0.1) is 34.1 Å². The molecule has 8 nitrogen and oxygen atoms in total. The van der Waals surface area contributed by atoms with Crippen LogP contribution in [-0.4, -0.2) is 45.9 Å². The highest BCUT2D eigenvalue weighted by Gasteiger charge is 2.14. The third-order valence-corrected chi connectivity index (χ3v) is 3.64. The number of halogens is 1. The molecule has 0 aliphatic heterocycles. The molecule has 0 bridgehead atoms. The Labute approximate surface area is 161 Å². The van der Waals surface area contributed by atoms with Crippen molar-refractivity contribution in [2.24, 2.45) is 5.10 Å². The molecule has 0 fully saturated rings. The molecule has 0 saturated carbocycles. The van der Waals surface area contributed by atoms with E-state index in [1.54, 1.807) is 12.1 Å². The Morgan fingerprint density at radius 2 is 1.68 bits per heavy atom. The molecule has 2 rings (SSSR count). The Morgan fingerprint density at radius 1 is 1.00 bits per heavy atom. The van der Waals surface area contributed by atoms with Crippen LogP contribution < -0.4 is 25.0 Å². The number of amides is 2. The first-order chi connectivity index (χ1) is 13.5. The first-order valence-corrected chi connectivity index (χ1v) is 8.14. The summed E-state index contributed by atoms with van der Waals surface area (Å²) in [5, 5.41) is 6.26. The molecule has 0 spiro atoms. The van der Waals surface area contributed by atoms with Gasteiger partial charge in [0.2, 0.25) is 5.75 Å². The van der Waals surface area contributed by atoms with E-state index in [4.69, 9.17) is 14.2 Å². The number of nitrogens with one attached hydrogen (secondary N) is 2. The minimum Gasteiger partial charge on any atom is -0.493 e. The number of carbonyl (C=O) groups excluding carboxylic acids is 2. The molecule has 148 valence electrons. The van der Waals surface area contributed by atoms with Gasteiger partial charge in [0.1, 0.15) is 5.82 Å². The van der Waals surface area contributed by atoms with Gasteiger partial charge in [-0.05, 0) is 36.4 Å². The Hall–Kier alpha value is -3.62. The molecular weight excluding hydrogens is 369 g/mol. The number of hydrogen-bond acceptors (Lipinski definition) is 6. The van der Waals surface area contributed by atoms with Crippen molar-refractivity contribution in [2.75, 3.05) is 27.9 Å². The SMILES string of the molecule is COc1ccc(/C=N/NC(=O)CNC(=O)c2ccc(F)cc2)c(OC)c1OC. The number of hydrazone groups is 1. The summed E-state index contributed by atoms with van der Waals surface area (Å²) in [5.74, 6) is -0.207. The number of rotatable bonds is 8. The maximum Gasteiger partial charge on any atom is 0.259 e. The monoisotopic (exact) mass is 389 g/mol. The molecular formula is C19H20FN3O5. The fourth-order valence-electron chi connectivity index (χ4n) is 2.30. The van der Waals surface area contributed by atoms with E-state index in [0.717, 1.165) is 12.1 Å². The van der Waals surface area contributed by atoms with Crippen LogP contribution >= 0.6 is 0 Å². The lowest BCUT2D eigenvalue weighted by atomic mass is 10.2. The van der Waals surface area contributed by atoms with Crippen LogP contribution in [0.25, 0.3) is 0 Å². The Kier molecular flexibility index (Phi) is 7.32. The van der Waals surface area contributed by atoms with E-state index in [9.17, 15) is 14.0 Å². The molecule has 0 heterocycles. The van der Waals surface area contributed by atoms with Gasteiger partial charge in [-0.2, -0.15) is 5.10 Å². The maximum atomic E-state index is 12.9. The van der Waals surface area contributed by atoms with Gasteiger partial charge in [-0.1, -0.05) is 0 Å². The molecule has 28 heavy (non-hydrogen) atoms. The van der Waals surface area contributed by atoms with Crippen molar-refractivity contribution in [2.45, 2.75) is 0 Å². The maximum absolute atomic E-state index is 12.9. The fraction of sp³-hybridized carbons (Fsp3) is 0.211. The molecule has 2 aromatic carbocycles. The highest BCUT2D eigenvalue weighted by Crippen LogP contribution is 2.38. The average Bonchev–Trinajstić information content (AvgIpc) is 2.71. The largest absolute Gasteiger partial charge is 0.493 e. The topological polar surface area (TPSA) is 98.2 Å². The number of methoxy groups -OCH3 is 3. The molecule has 0 radical (unpaired) electrons. The smallest absolute Gasteiger partial charge is 0.259 e. The van der Waals surface area contributed by atoms with E-state index < -0.39 is 17.6 Å². The highest BCUT2D eigenvalue weighted by molar-refractivity contribution is 5.96. The lowest BCUT2D eigenvalue weighted by Gasteiger charge is -2.13. The Bertz CT molecular complexity index is 869. The van der Waals surface area contributed by atoms with Crippen LogP contribution in [-0.2, 0) is 4.79 Å². The number of ether oxygens (including phenoxy) is 3. The van der Waals surface area contributed by atoms with Crippen molar-refractivity contribution in [1.29, 1.82) is 0 Å². The van der Waals surface area contributed by atoms with Gasteiger partial charge in [0, 0.05) is 11.1 Å². The summed E-state index contributed by atoms with van der Waals surface area (Å²) in [6.45, 7) is -0.295. The first kappa shape index (κ1) is 20.7. The molecule has 2 N–H and O–H groups in total. The second kappa shape index (κ2) is 9.91. The lowest BCUT2D eigenvalue weighted by molar-refractivity contribution is -0.120. The molecule has 0 atom stereocenters. The fourth-order valence-corrected chi connectivity index (χ4v) is 2.30. The quantitative estimate of drug-likeness (QED) is 0.529. The molecule has 2 amide bonds. The summed E-state index contributed by atoms with van der Waals surface area (Å²) in [4.78, 5) is 23.7. The van der Waals surface area contributed by atoms with Crippen LogP contribution in [0.2, 0.25) is 0 Å². The zero-order chi connectivity index (χ0) is 20.5. The molecule has 9 heteroatoms. The highest BCUT2D eigenvalue weighted by atomic mass is 19.1. The van der Waals surface area contributed by atoms with Gasteiger partial charge in [-0.25, -0.2) is 9.82 Å². The molecule has 0 saturated heterocycles.